The molecule has 0 N–H and O–H groups in total. The third-order valence-electron chi connectivity index (χ3n) is 2.39. The minimum Gasteiger partial charge on any atom is -0.497 e. The Bertz CT molecular complexity index is 327. The summed E-state index contributed by atoms with van der Waals surface area (Å²) < 4.78 is 32.8. The number of alkyl halides is 2. The van der Waals surface area contributed by atoms with Gasteiger partial charge < -0.3 is 4.74 Å². The van der Waals surface area contributed by atoms with E-state index in [1.807, 2.05) is 0 Å². The van der Waals surface area contributed by atoms with E-state index in [9.17, 15) is 8.78 Å². The van der Waals surface area contributed by atoms with Gasteiger partial charge in [-0.25, -0.2) is 8.78 Å². The fraction of sp³-hybridized carbons (Fsp3) is 0.455. The van der Waals surface area contributed by atoms with Gasteiger partial charge in [0.15, 0.2) is 0 Å². The summed E-state index contributed by atoms with van der Waals surface area (Å²) in [6.45, 7) is 4.99. The van der Waals surface area contributed by atoms with Crippen molar-refractivity contribution in [1.29, 1.82) is 0 Å². The quantitative estimate of drug-likeness (QED) is 0.720. The largest absolute Gasteiger partial charge is 0.497 e. The van der Waals surface area contributed by atoms with Crippen molar-refractivity contribution < 1.29 is 13.5 Å². The standard InChI is InChI=1S/C11H16F2OSi/c1-14-10-7-5-9(6-8-10)11(12,13)15(2,3)4/h5-8H,1-4H3. The van der Waals surface area contributed by atoms with E-state index in [2.05, 4.69) is 0 Å². The molecular formula is C11H16F2OSi. The molecule has 0 amide bonds. The average Bonchev–Trinajstić information content (AvgIpc) is 2.16. The second kappa shape index (κ2) is 3.93. The van der Waals surface area contributed by atoms with E-state index in [4.69, 9.17) is 4.74 Å². The van der Waals surface area contributed by atoms with Crippen molar-refractivity contribution in [3.63, 3.8) is 0 Å². The number of benzene rings is 1. The molecule has 0 atom stereocenters. The average molecular weight is 230 g/mol. The highest BCUT2D eigenvalue weighted by molar-refractivity contribution is 6.78. The van der Waals surface area contributed by atoms with Gasteiger partial charge >= 0.3 is 0 Å². The highest BCUT2D eigenvalue weighted by atomic mass is 28.3. The van der Waals surface area contributed by atoms with Crippen LogP contribution in [-0.2, 0) is 5.55 Å². The van der Waals surface area contributed by atoms with E-state index in [1.54, 1.807) is 31.8 Å². The van der Waals surface area contributed by atoms with Gasteiger partial charge in [-0.05, 0) is 24.3 Å². The first-order chi connectivity index (χ1) is 6.79. The highest BCUT2D eigenvalue weighted by Crippen LogP contribution is 2.37. The van der Waals surface area contributed by atoms with Crippen LogP contribution in [0.2, 0.25) is 19.6 Å². The van der Waals surface area contributed by atoms with Crippen LogP contribution in [-0.4, -0.2) is 15.2 Å². The topological polar surface area (TPSA) is 9.23 Å². The molecule has 0 radical (unpaired) electrons. The SMILES string of the molecule is COc1ccc(C(F)(F)[Si](C)(C)C)cc1. The molecule has 0 spiro atoms. The van der Waals surface area contributed by atoms with Gasteiger partial charge in [-0.15, -0.1) is 0 Å². The molecule has 84 valence electrons. The van der Waals surface area contributed by atoms with Crippen molar-refractivity contribution in [1.82, 2.24) is 0 Å². The third kappa shape index (κ3) is 2.37. The molecule has 0 heterocycles. The lowest BCUT2D eigenvalue weighted by atomic mass is 10.2. The maximum absolute atomic E-state index is 13.9. The van der Waals surface area contributed by atoms with E-state index in [1.165, 1.54) is 19.2 Å². The molecule has 0 aliphatic rings. The molecule has 0 bridgehead atoms. The number of ether oxygens (including phenoxy) is 1. The fourth-order valence-corrected chi connectivity index (χ4v) is 2.27. The predicted octanol–water partition coefficient (Wildman–Crippen LogP) is 3.66. The van der Waals surface area contributed by atoms with Crippen LogP contribution in [0.25, 0.3) is 0 Å². The van der Waals surface area contributed by atoms with E-state index in [0.717, 1.165) is 0 Å². The van der Waals surface area contributed by atoms with Crippen LogP contribution in [0, 0.1) is 0 Å². The van der Waals surface area contributed by atoms with Gasteiger partial charge in [0.05, 0.1) is 7.11 Å². The maximum atomic E-state index is 13.9. The Kier molecular flexibility index (Phi) is 3.18. The number of rotatable bonds is 3. The lowest BCUT2D eigenvalue weighted by molar-refractivity contribution is 0.0794. The smallest absolute Gasteiger partial charge is 0.253 e. The first-order valence-electron chi connectivity index (χ1n) is 4.81. The van der Waals surface area contributed by atoms with Crippen molar-refractivity contribution in [3.05, 3.63) is 29.8 Å². The van der Waals surface area contributed by atoms with Crippen LogP contribution in [0.4, 0.5) is 8.78 Å². The number of methoxy groups -OCH3 is 1. The Morgan fingerprint density at radius 3 is 1.87 bits per heavy atom. The van der Waals surface area contributed by atoms with Gasteiger partial charge in [-0.3, -0.25) is 0 Å². The van der Waals surface area contributed by atoms with Crippen LogP contribution in [0.15, 0.2) is 24.3 Å². The van der Waals surface area contributed by atoms with Gasteiger partial charge in [-0.1, -0.05) is 19.6 Å². The molecule has 0 aliphatic heterocycles. The molecule has 0 fully saturated rings. The highest BCUT2D eigenvalue weighted by Gasteiger charge is 2.46. The van der Waals surface area contributed by atoms with Crippen molar-refractivity contribution in [2.75, 3.05) is 7.11 Å². The van der Waals surface area contributed by atoms with Crippen LogP contribution >= 0.6 is 0 Å². The summed E-state index contributed by atoms with van der Waals surface area (Å²) in [5.41, 5.74) is -2.61. The Morgan fingerprint density at radius 1 is 1.07 bits per heavy atom. The third-order valence-corrected chi connectivity index (χ3v) is 4.57. The molecule has 15 heavy (non-hydrogen) atoms. The number of halogens is 2. The minimum absolute atomic E-state index is 0.0856. The molecule has 0 unspecified atom stereocenters. The summed E-state index contributed by atoms with van der Waals surface area (Å²) >= 11 is 0. The summed E-state index contributed by atoms with van der Waals surface area (Å²) in [5.74, 6) is 0.602. The monoisotopic (exact) mass is 230 g/mol. The summed E-state index contributed by atoms with van der Waals surface area (Å²) in [6, 6.07) is 6.03. The minimum atomic E-state index is -2.70. The van der Waals surface area contributed by atoms with E-state index >= 15 is 0 Å². The van der Waals surface area contributed by atoms with Gasteiger partial charge in [0, 0.05) is 5.56 Å². The fourth-order valence-electron chi connectivity index (χ4n) is 1.23. The number of hydrogen-bond acceptors (Lipinski definition) is 1. The van der Waals surface area contributed by atoms with Crippen LogP contribution in [0.1, 0.15) is 5.56 Å². The Balaban J connectivity index is 3.06. The Morgan fingerprint density at radius 2 is 1.53 bits per heavy atom. The molecule has 4 heteroatoms. The first kappa shape index (κ1) is 12.2. The van der Waals surface area contributed by atoms with Crippen molar-refractivity contribution in [3.8, 4) is 5.75 Å². The van der Waals surface area contributed by atoms with Crippen LogP contribution in [0.3, 0.4) is 0 Å². The maximum Gasteiger partial charge on any atom is 0.253 e. The Labute approximate surface area is 90.1 Å². The summed E-state index contributed by atoms with van der Waals surface area (Å²) in [4.78, 5) is 0. The summed E-state index contributed by atoms with van der Waals surface area (Å²) in [6.07, 6.45) is 0. The molecule has 1 aromatic rings. The zero-order valence-corrected chi connectivity index (χ0v) is 10.5. The van der Waals surface area contributed by atoms with Gasteiger partial charge in [0.1, 0.15) is 13.8 Å². The zero-order chi connectivity index (χ0) is 11.7. The van der Waals surface area contributed by atoms with E-state index in [-0.39, 0.29) is 5.56 Å². The van der Waals surface area contributed by atoms with Gasteiger partial charge in [-0.2, -0.15) is 0 Å². The molecule has 1 nitrogen and oxygen atoms in total. The Hall–Kier alpha value is -0.903. The van der Waals surface area contributed by atoms with Crippen molar-refractivity contribution >= 4 is 8.07 Å². The van der Waals surface area contributed by atoms with E-state index in [0.29, 0.717) is 5.75 Å². The zero-order valence-electron chi connectivity index (χ0n) is 9.47. The molecule has 1 aromatic carbocycles. The molecule has 0 aliphatic carbocycles. The second-order valence-electron chi connectivity index (χ2n) is 4.55. The summed E-state index contributed by atoms with van der Waals surface area (Å²) in [7, 11) is -1.01. The van der Waals surface area contributed by atoms with E-state index < -0.39 is 13.6 Å². The normalized spacial score (nSPS) is 12.7. The van der Waals surface area contributed by atoms with Crippen molar-refractivity contribution in [2.24, 2.45) is 0 Å². The molecule has 0 saturated heterocycles. The van der Waals surface area contributed by atoms with Crippen LogP contribution < -0.4 is 4.74 Å². The second-order valence-corrected chi connectivity index (χ2v) is 9.68. The molecule has 0 aromatic heterocycles. The molecule has 0 saturated carbocycles. The number of hydrogen-bond donors (Lipinski definition) is 0. The first-order valence-corrected chi connectivity index (χ1v) is 8.31. The van der Waals surface area contributed by atoms with Crippen molar-refractivity contribution in [2.45, 2.75) is 25.2 Å². The summed E-state index contributed by atoms with van der Waals surface area (Å²) in [5, 5.41) is 0. The van der Waals surface area contributed by atoms with Gasteiger partial charge in [0.25, 0.3) is 5.55 Å². The van der Waals surface area contributed by atoms with Crippen LogP contribution in [0.5, 0.6) is 5.75 Å². The lowest BCUT2D eigenvalue weighted by Gasteiger charge is -2.28. The lowest BCUT2D eigenvalue weighted by Crippen LogP contribution is -2.42. The van der Waals surface area contributed by atoms with Gasteiger partial charge in [0.2, 0.25) is 0 Å². The molecule has 1 rings (SSSR count). The molecular weight excluding hydrogens is 214 g/mol. The predicted molar refractivity (Wildman–Crippen MR) is 60.2 cm³/mol.